The quantitative estimate of drug-likeness (QED) is 0.842. The van der Waals surface area contributed by atoms with Gasteiger partial charge in [0, 0.05) is 38.4 Å². The normalized spacial score (nSPS) is 14.2. The average molecular weight is 351 g/mol. The van der Waals surface area contributed by atoms with Gasteiger partial charge in [-0.25, -0.2) is 0 Å². The number of piperazine rings is 1. The SMILES string of the molecule is Cc1cccc(N2CCN(C(=O)CC(=O)NCc3ccccc3)CC2)c1. The van der Waals surface area contributed by atoms with E-state index in [1.54, 1.807) is 4.90 Å². The van der Waals surface area contributed by atoms with Gasteiger partial charge in [0.15, 0.2) is 0 Å². The van der Waals surface area contributed by atoms with Gasteiger partial charge in [-0.05, 0) is 30.2 Å². The van der Waals surface area contributed by atoms with E-state index in [0.29, 0.717) is 19.6 Å². The van der Waals surface area contributed by atoms with E-state index < -0.39 is 0 Å². The summed E-state index contributed by atoms with van der Waals surface area (Å²) in [6, 6.07) is 18.1. The highest BCUT2D eigenvalue weighted by Gasteiger charge is 2.22. The fraction of sp³-hybridized carbons (Fsp3) is 0.333. The van der Waals surface area contributed by atoms with Crippen molar-refractivity contribution in [1.82, 2.24) is 10.2 Å². The van der Waals surface area contributed by atoms with E-state index >= 15 is 0 Å². The molecule has 0 unspecified atom stereocenters. The maximum atomic E-state index is 12.4. The van der Waals surface area contributed by atoms with E-state index in [2.05, 4.69) is 41.4 Å². The second kappa shape index (κ2) is 8.52. The molecular weight excluding hydrogens is 326 g/mol. The van der Waals surface area contributed by atoms with Crippen LogP contribution in [0.3, 0.4) is 0 Å². The minimum Gasteiger partial charge on any atom is -0.368 e. The smallest absolute Gasteiger partial charge is 0.232 e. The van der Waals surface area contributed by atoms with Gasteiger partial charge in [0.25, 0.3) is 0 Å². The molecule has 0 saturated carbocycles. The molecule has 2 amide bonds. The highest BCUT2D eigenvalue weighted by atomic mass is 16.2. The van der Waals surface area contributed by atoms with Gasteiger partial charge in [-0.3, -0.25) is 9.59 Å². The summed E-state index contributed by atoms with van der Waals surface area (Å²) in [7, 11) is 0. The second-order valence-electron chi connectivity index (χ2n) is 6.65. The Morgan fingerprint density at radius 3 is 2.38 bits per heavy atom. The third-order valence-electron chi connectivity index (χ3n) is 4.64. The Balaban J connectivity index is 1.44. The molecule has 0 aromatic heterocycles. The van der Waals surface area contributed by atoms with E-state index in [0.717, 1.165) is 18.7 Å². The first-order valence-electron chi connectivity index (χ1n) is 9.02. The van der Waals surface area contributed by atoms with Gasteiger partial charge in [-0.15, -0.1) is 0 Å². The molecule has 0 bridgehead atoms. The van der Waals surface area contributed by atoms with E-state index in [1.165, 1.54) is 11.3 Å². The lowest BCUT2D eigenvalue weighted by molar-refractivity contribution is -0.136. The zero-order chi connectivity index (χ0) is 18.4. The predicted molar refractivity (Wildman–Crippen MR) is 103 cm³/mol. The molecule has 1 aliphatic rings. The zero-order valence-corrected chi connectivity index (χ0v) is 15.1. The summed E-state index contributed by atoms with van der Waals surface area (Å²) in [5.74, 6) is -0.320. The molecular formula is C21H25N3O2. The van der Waals surface area contributed by atoms with Gasteiger partial charge in [-0.1, -0.05) is 42.5 Å². The molecule has 1 heterocycles. The standard InChI is InChI=1S/C21H25N3O2/c1-17-6-5-9-19(14-17)23-10-12-24(13-11-23)21(26)15-20(25)22-16-18-7-3-2-4-8-18/h2-9,14H,10-13,15-16H2,1H3,(H,22,25). The molecule has 1 saturated heterocycles. The van der Waals surface area contributed by atoms with Crippen molar-refractivity contribution in [2.75, 3.05) is 31.1 Å². The van der Waals surface area contributed by atoms with Crippen molar-refractivity contribution in [3.05, 3.63) is 65.7 Å². The first-order valence-corrected chi connectivity index (χ1v) is 9.02. The van der Waals surface area contributed by atoms with Crippen LogP contribution in [-0.4, -0.2) is 42.9 Å². The Morgan fingerprint density at radius 2 is 1.69 bits per heavy atom. The van der Waals surface area contributed by atoms with Gasteiger partial charge in [0.2, 0.25) is 11.8 Å². The maximum Gasteiger partial charge on any atom is 0.232 e. The van der Waals surface area contributed by atoms with Crippen molar-refractivity contribution in [2.24, 2.45) is 0 Å². The first-order chi connectivity index (χ1) is 12.6. The summed E-state index contributed by atoms with van der Waals surface area (Å²) >= 11 is 0. The van der Waals surface area contributed by atoms with Crippen molar-refractivity contribution in [1.29, 1.82) is 0 Å². The van der Waals surface area contributed by atoms with Crippen LogP contribution < -0.4 is 10.2 Å². The van der Waals surface area contributed by atoms with Crippen molar-refractivity contribution in [3.8, 4) is 0 Å². The minimum atomic E-state index is -0.222. The summed E-state index contributed by atoms with van der Waals surface area (Å²) in [5, 5.41) is 2.81. The van der Waals surface area contributed by atoms with Crippen LogP contribution in [0.25, 0.3) is 0 Å². The van der Waals surface area contributed by atoms with Crippen LogP contribution in [0.4, 0.5) is 5.69 Å². The Labute approximate surface area is 154 Å². The Bertz CT molecular complexity index is 753. The molecule has 3 rings (SSSR count). The number of nitrogens with one attached hydrogen (secondary N) is 1. The van der Waals surface area contributed by atoms with Gasteiger partial charge >= 0.3 is 0 Å². The van der Waals surface area contributed by atoms with Crippen molar-refractivity contribution >= 4 is 17.5 Å². The number of aryl methyl sites for hydroxylation is 1. The Morgan fingerprint density at radius 1 is 0.962 bits per heavy atom. The maximum absolute atomic E-state index is 12.4. The third-order valence-corrected chi connectivity index (χ3v) is 4.64. The van der Waals surface area contributed by atoms with E-state index in [9.17, 15) is 9.59 Å². The first kappa shape index (κ1) is 18.0. The third kappa shape index (κ3) is 4.85. The second-order valence-corrected chi connectivity index (χ2v) is 6.65. The van der Waals surface area contributed by atoms with Gasteiger partial charge in [0.1, 0.15) is 6.42 Å². The molecule has 5 nitrogen and oxygen atoms in total. The predicted octanol–water partition coefficient (Wildman–Crippen LogP) is 2.35. The lowest BCUT2D eigenvalue weighted by atomic mass is 10.2. The number of hydrogen-bond acceptors (Lipinski definition) is 3. The molecule has 1 N–H and O–H groups in total. The lowest BCUT2D eigenvalue weighted by Crippen LogP contribution is -2.49. The summed E-state index contributed by atoms with van der Waals surface area (Å²) < 4.78 is 0. The molecule has 1 aliphatic heterocycles. The van der Waals surface area contributed by atoms with Gasteiger partial charge in [-0.2, -0.15) is 0 Å². The van der Waals surface area contributed by atoms with Crippen molar-refractivity contribution in [3.63, 3.8) is 0 Å². The molecule has 0 atom stereocenters. The van der Waals surface area contributed by atoms with Crippen LogP contribution >= 0.6 is 0 Å². The number of carbonyl (C=O) groups is 2. The molecule has 26 heavy (non-hydrogen) atoms. The monoisotopic (exact) mass is 351 g/mol. The van der Waals surface area contributed by atoms with Crippen molar-refractivity contribution in [2.45, 2.75) is 19.9 Å². The largest absolute Gasteiger partial charge is 0.368 e. The van der Waals surface area contributed by atoms with Crippen LogP contribution in [0.5, 0.6) is 0 Å². The number of hydrogen-bond donors (Lipinski definition) is 1. The van der Waals surface area contributed by atoms with E-state index in [1.807, 2.05) is 30.3 Å². The zero-order valence-electron chi connectivity index (χ0n) is 15.1. The highest BCUT2D eigenvalue weighted by Crippen LogP contribution is 2.18. The van der Waals surface area contributed by atoms with Gasteiger partial charge in [0.05, 0.1) is 0 Å². The highest BCUT2D eigenvalue weighted by molar-refractivity contribution is 5.96. The lowest BCUT2D eigenvalue weighted by Gasteiger charge is -2.36. The number of carbonyl (C=O) groups excluding carboxylic acids is 2. The van der Waals surface area contributed by atoms with E-state index in [4.69, 9.17) is 0 Å². The number of nitrogens with zero attached hydrogens (tertiary/aromatic N) is 2. The van der Waals surface area contributed by atoms with Crippen molar-refractivity contribution < 1.29 is 9.59 Å². The fourth-order valence-electron chi connectivity index (χ4n) is 3.15. The van der Waals surface area contributed by atoms with Crippen LogP contribution in [0.15, 0.2) is 54.6 Å². The molecule has 5 heteroatoms. The Kier molecular flexibility index (Phi) is 5.89. The molecule has 0 aliphatic carbocycles. The van der Waals surface area contributed by atoms with Crippen LogP contribution in [0.2, 0.25) is 0 Å². The molecule has 0 radical (unpaired) electrons. The summed E-state index contributed by atoms with van der Waals surface area (Å²) in [6.45, 7) is 5.42. The van der Waals surface area contributed by atoms with E-state index in [-0.39, 0.29) is 18.2 Å². The Hall–Kier alpha value is -2.82. The number of anilines is 1. The number of benzene rings is 2. The molecule has 1 fully saturated rings. The van der Waals surface area contributed by atoms with Crippen LogP contribution in [0.1, 0.15) is 17.5 Å². The summed E-state index contributed by atoms with van der Waals surface area (Å²) in [5.41, 5.74) is 3.45. The molecule has 0 spiro atoms. The van der Waals surface area contributed by atoms with Crippen LogP contribution in [-0.2, 0) is 16.1 Å². The van der Waals surface area contributed by atoms with Gasteiger partial charge < -0.3 is 15.1 Å². The summed E-state index contributed by atoms with van der Waals surface area (Å²) in [4.78, 5) is 28.5. The summed E-state index contributed by atoms with van der Waals surface area (Å²) in [6.07, 6.45) is -0.0860. The topological polar surface area (TPSA) is 52.7 Å². The number of amides is 2. The molecule has 2 aromatic rings. The molecule has 2 aromatic carbocycles. The number of rotatable bonds is 5. The fourth-order valence-corrected chi connectivity index (χ4v) is 3.15. The average Bonchev–Trinajstić information content (AvgIpc) is 2.67. The van der Waals surface area contributed by atoms with Crippen LogP contribution in [0, 0.1) is 6.92 Å². The molecule has 136 valence electrons. The minimum absolute atomic E-state index is 0.0860.